The van der Waals surface area contributed by atoms with E-state index in [2.05, 4.69) is 64.1 Å². The molecule has 1 aromatic heterocycles. The Morgan fingerprint density at radius 1 is 1.10 bits per heavy atom. The van der Waals surface area contributed by atoms with Gasteiger partial charge in [0, 0.05) is 16.1 Å². The second kappa shape index (κ2) is 10.6. The lowest BCUT2D eigenvalue weighted by molar-refractivity contribution is 0.317. The van der Waals surface area contributed by atoms with Crippen molar-refractivity contribution in [1.82, 2.24) is 14.9 Å². The first-order valence-corrected chi connectivity index (χ1v) is 11.4. The number of hydrogen-bond acceptors (Lipinski definition) is 5. The molecule has 152 valence electrons. The van der Waals surface area contributed by atoms with E-state index in [1.807, 2.05) is 47.3 Å². The maximum Gasteiger partial charge on any atom is 0.212 e. The molecule has 0 fully saturated rings. The highest BCUT2D eigenvalue weighted by atomic mass is 79.9. The standard InChI is InChI=1S/C22H25BrN4OS/c1-4-13-28-20-11-7-17(8-12-20)14-24-27-21(16(2)3)25-26-22(27)29-15-18-5-9-19(23)10-6-18/h5-12,14,16H,4,13,15H2,1-3H3/b24-14-. The van der Waals surface area contributed by atoms with Crippen LogP contribution >= 0.6 is 27.7 Å². The van der Waals surface area contributed by atoms with Crippen molar-refractivity contribution in [3.63, 3.8) is 0 Å². The Bertz CT molecular complexity index is 936. The van der Waals surface area contributed by atoms with Crippen LogP contribution in [0.2, 0.25) is 0 Å². The van der Waals surface area contributed by atoms with Crippen molar-refractivity contribution < 1.29 is 4.74 Å². The quantitative estimate of drug-likeness (QED) is 0.277. The summed E-state index contributed by atoms with van der Waals surface area (Å²) in [6.07, 6.45) is 2.83. The number of hydrogen-bond donors (Lipinski definition) is 0. The normalized spacial score (nSPS) is 11.5. The molecule has 0 saturated carbocycles. The van der Waals surface area contributed by atoms with Gasteiger partial charge in [0.25, 0.3) is 0 Å². The predicted molar refractivity (Wildman–Crippen MR) is 123 cm³/mol. The topological polar surface area (TPSA) is 52.3 Å². The largest absolute Gasteiger partial charge is 0.494 e. The van der Waals surface area contributed by atoms with E-state index in [1.165, 1.54) is 5.56 Å². The van der Waals surface area contributed by atoms with E-state index in [4.69, 9.17) is 4.74 Å². The zero-order valence-corrected chi connectivity index (χ0v) is 19.3. The smallest absolute Gasteiger partial charge is 0.212 e. The Balaban J connectivity index is 1.75. The zero-order chi connectivity index (χ0) is 20.6. The molecule has 5 nitrogen and oxygen atoms in total. The van der Waals surface area contributed by atoms with Crippen molar-refractivity contribution in [3.05, 3.63) is 70.0 Å². The maximum atomic E-state index is 5.64. The van der Waals surface area contributed by atoms with Crippen LogP contribution in [0.3, 0.4) is 0 Å². The molecule has 0 atom stereocenters. The molecule has 0 amide bonds. The van der Waals surface area contributed by atoms with Crippen LogP contribution in [0.5, 0.6) is 5.75 Å². The lowest BCUT2D eigenvalue weighted by Crippen LogP contribution is -2.02. The van der Waals surface area contributed by atoms with E-state index in [0.29, 0.717) is 0 Å². The lowest BCUT2D eigenvalue weighted by atomic mass is 10.2. The highest BCUT2D eigenvalue weighted by Gasteiger charge is 2.15. The van der Waals surface area contributed by atoms with Gasteiger partial charge in [0.15, 0.2) is 5.82 Å². The third kappa shape index (κ3) is 6.18. The molecule has 1 heterocycles. The fourth-order valence-corrected chi connectivity index (χ4v) is 3.67. The van der Waals surface area contributed by atoms with E-state index < -0.39 is 0 Å². The summed E-state index contributed by atoms with van der Waals surface area (Å²) in [5.74, 6) is 2.76. The summed E-state index contributed by atoms with van der Waals surface area (Å²) in [6, 6.07) is 16.2. The van der Waals surface area contributed by atoms with Crippen LogP contribution in [0, 0.1) is 0 Å². The lowest BCUT2D eigenvalue weighted by Gasteiger charge is -2.07. The van der Waals surface area contributed by atoms with E-state index in [0.717, 1.165) is 45.5 Å². The van der Waals surface area contributed by atoms with Gasteiger partial charge in [-0.25, -0.2) is 0 Å². The third-order valence-electron chi connectivity index (χ3n) is 4.11. The van der Waals surface area contributed by atoms with E-state index in [-0.39, 0.29) is 5.92 Å². The molecule has 0 unspecified atom stereocenters. The second-order valence-electron chi connectivity index (χ2n) is 6.88. The molecule has 0 aliphatic heterocycles. The van der Waals surface area contributed by atoms with Crippen molar-refractivity contribution in [2.24, 2.45) is 5.10 Å². The molecular weight excluding hydrogens is 448 g/mol. The van der Waals surface area contributed by atoms with Crippen molar-refractivity contribution in [2.75, 3.05) is 6.61 Å². The number of nitrogens with zero attached hydrogens (tertiary/aromatic N) is 4. The molecule has 0 aliphatic carbocycles. The third-order valence-corrected chi connectivity index (χ3v) is 5.63. The van der Waals surface area contributed by atoms with Gasteiger partial charge >= 0.3 is 0 Å². The average Bonchev–Trinajstić information content (AvgIpc) is 3.14. The molecule has 0 radical (unpaired) electrons. The number of aromatic nitrogens is 3. The molecule has 0 saturated heterocycles. The number of thioether (sulfide) groups is 1. The zero-order valence-electron chi connectivity index (χ0n) is 16.9. The molecule has 3 rings (SSSR count). The van der Waals surface area contributed by atoms with Crippen LogP contribution in [0.25, 0.3) is 0 Å². The van der Waals surface area contributed by atoms with Gasteiger partial charge in [0.2, 0.25) is 5.16 Å². The van der Waals surface area contributed by atoms with E-state index in [1.54, 1.807) is 11.8 Å². The summed E-state index contributed by atoms with van der Waals surface area (Å²) >= 11 is 5.10. The molecule has 2 aromatic carbocycles. The average molecular weight is 473 g/mol. The molecule has 0 aliphatic rings. The predicted octanol–water partition coefficient (Wildman–Crippen LogP) is 6.13. The maximum absolute atomic E-state index is 5.64. The highest BCUT2D eigenvalue weighted by molar-refractivity contribution is 9.10. The van der Waals surface area contributed by atoms with Gasteiger partial charge in [0.1, 0.15) is 5.75 Å². The van der Waals surface area contributed by atoms with Crippen LogP contribution in [-0.2, 0) is 5.75 Å². The molecule has 3 aromatic rings. The van der Waals surface area contributed by atoms with Gasteiger partial charge in [-0.15, -0.1) is 10.2 Å². The van der Waals surface area contributed by atoms with Gasteiger partial charge in [-0.2, -0.15) is 9.78 Å². The van der Waals surface area contributed by atoms with Gasteiger partial charge in [-0.05, 0) is 53.9 Å². The molecule has 0 bridgehead atoms. The Morgan fingerprint density at radius 2 is 1.83 bits per heavy atom. The summed E-state index contributed by atoms with van der Waals surface area (Å²) in [4.78, 5) is 0. The van der Waals surface area contributed by atoms with Crippen molar-refractivity contribution in [1.29, 1.82) is 0 Å². The molecule has 29 heavy (non-hydrogen) atoms. The summed E-state index contributed by atoms with van der Waals surface area (Å²) in [6.45, 7) is 7.02. The van der Waals surface area contributed by atoms with Gasteiger partial charge in [-0.3, -0.25) is 0 Å². The SMILES string of the molecule is CCCOc1ccc(/C=N\n2c(SCc3ccc(Br)cc3)nnc2C(C)C)cc1. The monoisotopic (exact) mass is 472 g/mol. The number of halogens is 1. The van der Waals surface area contributed by atoms with Gasteiger partial charge in [-0.1, -0.05) is 60.6 Å². The number of ether oxygens (including phenoxy) is 1. The van der Waals surface area contributed by atoms with Crippen molar-refractivity contribution in [3.8, 4) is 5.75 Å². The molecule has 0 spiro atoms. The van der Waals surface area contributed by atoms with Crippen molar-refractivity contribution in [2.45, 2.75) is 44.0 Å². The number of benzene rings is 2. The first kappa shape index (κ1) is 21.6. The molecular formula is C22H25BrN4OS. The van der Waals surface area contributed by atoms with Crippen LogP contribution in [0.15, 0.2) is 63.3 Å². The fraction of sp³-hybridized carbons (Fsp3) is 0.318. The summed E-state index contributed by atoms with van der Waals surface area (Å²) in [7, 11) is 0. The van der Waals surface area contributed by atoms with Crippen LogP contribution in [-0.4, -0.2) is 27.7 Å². The van der Waals surface area contributed by atoms with Crippen LogP contribution < -0.4 is 4.74 Å². The van der Waals surface area contributed by atoms with Gasteiger partial charge in [0.05, 0.1) is 12.8 Å². The van der Waals surface area contributed by atoms with Crippen LogP contribution in [0.1, 0.15) is 50.1 Å². The highest BCUT2D eigenvalue weighted by Crippen LogP contribution is 2.25. The minimum absolute atomic E-state index is 0.228. The molecule has 7 heteroatoms. The van der Waals surface area contributed by atoms with Crippen molar-refractivity contribution >= 4 is 33.9 Å². The van der Waals surface area contributed by atoms with E-state index >= 15 is 0 Å². The fourth-order valence-electron chi connectivity index (χ4n) is 2.56. The van der Waals surface area contributed by atoms with Crippen LogP contribution in [0.4, 0.5) is 0 Å². The minimum Gasteiger partial charge on any atom is -0.494 e. The van der Waals surface area contributed by atoms with Gasteiger partial charge < -0.3 is 4.74 Å². The summed E-state index contributed by atoms with van der Waals surface area (Å²) in [5, 5.41) is 14.2. The molecule has 0 N–H and O–H groups in total. The Morgan fingerprint density at radius 3 is 2.48 bits per heavy atom. The second-order valence-corrected chi connectivity index (χ2v) is 8.74. The minimum atomic E-state index is 0.228. The Kier molecular flexibility index (Phi) is 7.89. The Hall–Kier alpha value is -2.12. The Labute approximate surface area is 184 Å². The first-order chi connectivity index (χ1) is 14.1. The first-order valence-electron chi connectivity index (χ1n) is 9.66. The van der Waals surface area contributed by atoms with E-state index in [9.17, 15) is 0 Å². The summed E-state index contributed by atoms with van der Waals surface area (Å²) < 4.78 is 8.55. The summed E-state index contributed by atoms with van der Waals surface area (Å²) in [5.41, 5.74) is 2.23. The number of rotatable bonds is 9.